The lowest BCUT2D eigenvalue weighted by Gasteiger charge is -2.36. The number of nitrogens with one attached hydrogen (secondary N) is 2. The van der Waals surface area contributed by atoms with Gasteiger partial charge >= 0.3 is 0 Å². The van der Waals surface area contributed by atoms with Crippen LogP contribution in [0.2, 0.25) is 5.02 Å². The predicted octanol–water partition coefficient (Wildman–Crippen LogP) is 2.26. The minimum atomic E-state index is -1.10. The average molecular weight is 478 g/mol. The van der Waals surface area contributed by atoms with Crippen LogP contribution in [0.4, 0.5) is 5.69 Å². The number of benzene rings is 1. The van der Waals surface area contributed by atoms with Gasteiger partial charge in [0.1, 0.15) is 11.6 Å². The van der Waals surface area contributed by atoms with Crippen molar-refractivity contribution in [1.29, 1.82) is 0 Å². The number of aliphatic hydroxyl groups excluding tert-OH is 1. The Bertz CT molecular complexity index is 932. The van der Waals surface area contributed by atoms with Crippen molar-refractivity contribution in [3.8, 4) is 0 Å². The van der Waals surface area contributed by atoms with E-state index in [1.54, 1.807) is 12.1 Å². The summed E-state index contributed by atoms with van der Waals surface area (Å²) in [4.78, 5) is 42.0. The van der Waals surface area contributed by atoms with Gasteiger partial charge in [-0.2, -0.15) is 0 Å². The Labute approximate surface area is 199 Å². The highest BCUT2D eigenvalue weighted by Gasteiger charge is 2.75. The normalized spacial score (nSPS) is 30.9. The standard InChI is InChI=1S/C24H32ClN3O5/c1-4-11-26-21(30)17-16-9-10-24(33-16)18(17)23(32)28(14(5-2)12-29)20(24)22(31)27-19-13(3)7-6-8-15(19)25/h6-8,14,16-18,20,29H,4-5,9-12H2,1-3H3,(H,26,30)(H,27,31)/t14-,16-,17+,18-,20?,24?/m0/s1. The first-order chi connectivity index (χ1) is 15.8. The molecule has 180 valence electrons. The van der Waals surface area contributed by atoms with E-state index in [0.717, 1.165) is 12.0 Å². The zero-order chi connectivity index (χ0) is 23.9. The third kappa shape index (κ3) is 3.72. The lowest BCUT2D eigenvalue weighted by molar-refractivity contribution is -0.144. The minimum Gasteiger partial charge on any atom is -0.394 e. The highest BCUT2D eigenvalue weighted by atomic mass is 35.5. The predicted molar refractivity (Wildman–Crippen MR) is 124 cm³/mol. The van der Waals surface area contributed by atoms with Crippen molar-refractivity contribution in [2.75, 3.05) is 18.5 Å². The molecule has 0 saturated carbocycles. The molecular formula is C24H32ClN3O5. The molecule has 3 saturated heterocycles. The van der Waals surface area contributed by atoms with E-state index in [1.807, 2.05) is 26.8 Å². The van der Waals surface area contributed by atoms with Crippen LogP contribution in [0.1, 0.15) is 45.1 Å². The molecule has 3 aliphatic rings. The summed E-state index contributed by atoms with van der Waals surface area (Å²) in [5, 5.41) is 16.3. The van der Waals surface area contributed by atoms with Gasteiger partial charge in [-0.15, -0.1) is 0 Å². The number of carbonyl (C=O) groups is 3. The molecule has 0 aliphatic carbocycles. The number of fused-ring (bicyclic) bond motifs is 1. The molecule has 4 rings (SSSR count). The minimum absolute atomic E-state index is 0.207. The molecule has 2 unspecified atom stereocenters. The molecule has 3 aliphatic heterocycles. The quantitative estimate of drug-likeness (QED) is 0.532. The molecule has 3 amide bonds. The van der Waals surface area contributed by atoms with E-state index in [4.69, 9.17) is 16.3 Å². The van der Waals surface area contributed by atoms with Crippen molar-refractivity contribution in [3.05, 3.63) is 28.8 Å². The van der Waals surface area contributed by atoms with Crippen LogP contribution in [-0.4, -0.2) is 64.7 Å². The van der Waals surface area contributed by atoms with E-state index in [-0.39, 0.29) is 18.4 Å². The maximum Gasteiger partial charge on any atom is 0.250 e. The number of nitrogens with zero attached hydrogens (tertiary/aromatic N) is 1. The van der Waals surface area contributed by atoms with Crippen LogP contribution in [-0.2, 0) is 19.1 Å². The number of hydrogen-bond acceptors (Lipinski definition) is 5. The van der Waals surface area contributed by atoms with Crippen molar-refractivity contribution < 1.29 is 24.2 Å². The number of para-hydroxylation sites is 1. The zero-order valence-corrected chi connectivity index (χ0v) is 20.0. The van der Waals surface area contributed by atoms with Gasteiger partial charge in [0.15, 0.2) is 0 Å². The van der Waals surface area contributed by atoms with Crippen LogP contribution >= 0.6 is 11.6 Å². The SMILES string of the molecule is CCCNC(=O)[C@@H]1[C@@H]2CCC3(O2)C(C(=O)Nc2c(C)cccc2Cl)N([C@@H](CC)CO)C(=O)[C@H]13. The molecule has 3 N–H and O–H groups in total. The Morgan fingerprint density at radius 1 is 1.33 bits per heavy atom. The Hall–Kier alpha value is -2.16. The molecular weight excluding hydrogens is 446 g/mol. The fourth-order valence-corrected chi connectivity index (χ4v) is 6.11. The van der Waals surface area contributed by atoms with E-state index in [2.05, 4.69) is 10.6 Å². The van der Waals surface area contributed by atoms with E-state index < -0.39 is 41.5 Å². The van der Waals surface area contributed by atoms with Crippen LogP contribution in [0.3, 0.4) is 0 Å². The Morgan fingerprint density at radius 2 is 2.09 bits per heavy atom. The number of ether oxygens (including phenoxy) is 1. The maximum atomic E-state index is 13.8. The maximum absolute atomic E-state index is 13.8. The molecule has 1 spiro atoms. The second-order valence-corrected chi connectivity index (χ2v) is 9.67. The Morgan fingerprint density at radius 3 is 2.73 bits per heavy atom. The summed E-state index contributed by atoms with van der Waals surface area (Å²) in [6, 6.07) is 3.82. The molecule has 8 nitrogen and oxygen atoms in total. The highest BCUT2D eigenvalue weighted by Crippen LogP contribution is 2.59. The third-order valence-corrected chi connectivity index (χ3v) is 7.70. The van der Waals surface area contributed by atoms with Crippen molar-refractivity contribution in [2.45, 2.75) is 70.2 Å². The van der Waals surface area contributed by atoms with Gasteiger partial charge in [-0.05, 0) is 44.2 Å². The van der Waals surface area contributed by atoms with Crippen LogP contribution in [0, 0.1) is 18.8 Å². The van der Waals surface area contributed by atoms with Gasteiger partial charge in [0, 0.05) is 6.54 Å². The molecule has 1 aromatic rings. The Balaban J connectivity index is 1.73. The van der Waals surface area contributed by atoms with Gasteiger partial charge in [0.25, 0.3) is 0 Å². The second-order valence-electron chi connectivity index (χ2n) is 9.26. The smallest absolute Gasteiger partial charge is 0.250 e. The summed E-state index contributed by atoms with van der Waals surface area (Å²) in [6.45, 7) is 5.90. The summed E-state index contributed by atoms with van der Waals surface area (Å²) >= 11 is 6.34. The van der Waals surface area contributed by atoms with E-state index in [1.165, 1.54) is 4.90 Å². The van der Waals surface area contributed by atoms with Crippen LogP contribution in [0.25, 0.3) is 0 Å². The van der Waals surface area contributed by atoms with Gasteiger partial charge < -0.3 is 25.4 Å². The number of aliphatic hydroxyl groups is 1. The molecule has 2 bridgehead atoms. The van der Waals surface area contributed by atoms with Crippen molar-refractivity contribution in [2.24, 2.45) is 11.8 Å². The average Bonchev–Trinajstić information content (AvgIpc) is 3.43. The molecule has 6 atom stereocenters. The highest BCUT2D eigenvalue weighted by molar-refractivity contribution is 6.34. The first kappa shape index (κ1) is 24.0. The molecule has 1 aromatic carbocycles. The molecule has 9 heteroatoms. The number of aryl methyl sites for hydroxylation is 1. The number of rotatable bonds is 8. The summed E-state index contributed by atoms with van der Waals surface area (Å²) in [5.74, 6) is -2.31. The fraction of sp³-hybridized carbons (Fsp3) is 0.625. The summed E-state index contributed by atoms with van der Waals surface area (Å²) in [6.07, 6.45) is 1.96. The number of likely N-dealkylation sites (tertiary alicyclic amines) is 1. The topological polar surface area (TPSA) is 108 Å². The first-order valence-corrected chi connectivity index (χ1v) is 12.1. The van der Waals surface area contributed by atoms with E-state index >= 15 is 0 Å². The van der Waals surface area contributed by atoms with Crippen LogP contribution in [0.15, 0.2) is 18.2 Å². The second kappa shape index (κ2) is 9.24. The zero-order valence-electron chi connectivity index (χ0n) is 19.3. The largest absolute Gasteiger partial charge is 0.394 e. The number of amides is 3. The van der Waals surface area contributed by atoms with Crippen LogP contribution < -0.4 is 10.6 Å². The number of anilines is 1. The summed E-state index contributed by atoms with van der Waals surface area (Å²) in [5.41, 5.74) is 0.180. The number of hydrogen-bond donors (Lipinski definition) is 3. The van der Waals surface area contributed by atoms with Crippen molar-refractivity contribution in [3.63, 3.8) is 0 Å². The summed E-state index contributed by atoms with van der Waals surface area (Å²) in [7, 11) is 0. The molecule has 33 heavy (non-hydrogen) atoms. The van der Waals surface area contributed by atoms with Gasteiger partial charge in [0.2, 0.25) is 17.7 Å². The third-order valence-electron chi connectivity index (χ3n) is 7.38. The van der Waals surface area contributed by atoms with Gasteiger partial charge in [0.05, 0.1) is 41.3 Å². The lowest BCUT2D eigenvalue weighted by atomic mass is 9.70. The summed E-state index contributed by atoms with van der Waals surface area (Å²) < 4.78 is 6.37. The van der Waals surface area contributed by atoms with E-state index in [0.29, 0.717) is 36.5 Å². The molecule has 0 radical (unpaired) electrons. The molecule has 3 heterocycles. The monoisotopic (exact) mass is 477 g/mol. The number of carbonyl (C=O) groups excluding carboxylic acids is 3. The number of halogens is 1. The van der Waals surface area contributed by atoms with Gasteiger partial charge in [-0.25, -0.2) is 0 Å². The van der Waals surface area contributed by atoms with Crippen LogP contribution in [0.5, 0.6) is 0 Å². The first-order valence-electron chi connectivity index (χ1n) is 11.7. The van der Waals surface area contributed by atoms with Crippen molar-refractivity contribution >= 4 is 35.0 Å². The van der Waals surface area contributed by atoms with Gasteiger partial charge in [-0.3, -0.25) is 14.4 Å². The fourth-order valence-electron chi connectivity index (χ4n) is 5.85. The lowest BCUT2D eigenvalue weighted by Crippen LogP contribution is -2.56. The van der Waals surface area contributed by atoms with Gasteiger partial charge in [-0.1, -0.05) is 37.6 Å². The molecule has 0 aromatic heterocycles. The van der Waals surface area contributed by atoms with Crippen molar-refractivity contribution in [1.82, 2.24) is 10.2 Å². The van der Waals surface area contributed by atoms with E-state index in [9.17, 15) is 19.5 Å². The Kier molecular flexibility index (Phi) is 6.71. The molecule has 3 fully saturated rings.